The number of carbonyl (C=O) groups excluding carboxylic acids is 1. The molecule has 1 aromatic rings. The summed E-state index contributed by atoms with van der Waals surface area (Å²) in [6, 6.07) is 5.33. The number of nitro groups is 1. The number of non-ortho nitro benzene ring substituents is 1. The predicted octanol–water partition coefficient (Wildman–Crippen LogP) is 2.15. The Hall–Kier alpha value is -1.95. The Bertz CT molecular complexity index is 490. The molecule has 6 heteroatoms. The third kappa shape index (κ3) is 4.03. The Morgan fingerprint density at radius 1 is 1.45 bits per heavy atom. The minimum atomic E-state index is -0.568. The number of hydrogen-bond acceptors (Lipinski definition) is 4. The van der Waals surface area contributed by atoms with E-state index >= 15 is 0 Å². The third-order valence-corrected chi connectivity index (χ3v) is 3.50. The van der Waals surface area contributed by atoms with E-state index in [0.717, 1.165) is 6.42 Å². The molecule has 0 saturated carbocycles. The molecule has 3 atom stereocenters. The molecular formula is C14H21N3O3. The topological polar surface area (TPSA) is 98.3 Å². The second-order valence-corrected chi connectivity index (χ2v) is 4.99. The monoisotopic (exact) mass is 279 g/mol. The summed E-state index contributed by atoms with van der Waals surface area (Å²) in [5.41, 5.74) is 6.55. The number of nitrogens with one attached hydrogen (secondary N) is 1. The lowest BCUT2D eigenvalue weighted by molar-refractivity contribution is -0.384. The normalized spacial score (nSPS) is 15.2. The van der Waals surface area contributed by atoms with Gasteiger partial charge in [-0.3, -0.25) is 14.9 Å². The van der Waals surface area contributed by atoms with Gasteiger partial charge in [0.1, 0.15) is 0 Å². The molecule has 0 aliphatic rings. The van der Waals surface area contributed by atoms with E-state index in [0.29, 0.717) is 5.56 Å². The molecular weight excluding hydrogens is 258 g/mol. The van der Waals surface area contributed by atoms with Crippen molar-refractivity contribution in [2.45, 2.75) is 39.3 Å². The lowest BCUT2D eigenvalue weighted by atomic mass is 9.98. The van der Waals surface area contributed by atoms with E-state index in [1.807, 2.05) is 13.8 Å². The number of nitro benzene ring substituents is 1. The standard InChI is InChI=1S/C14H21N3O3/c1-4-9(2)13(15)14(18)16-10(3)11-6-5-7-12(8-11)17(19)20/h5-10,13H,4,15H2,1-3H3,(H,16,18)/t9?,10?,13-/m0/s1. The Morgan fingerprint density at radius 2 is 2.10 bits per heavy atom. The van der Waals surface area contributed by atoms with Crippen LogP contribution in [-0.2, 0) is 4.79 Å². The maximum atomic E-state index is 12.0. The maximum absolute atomic E-state index is 12.0. The number of rotatable bonds is 6. The Labute approximate surface area is 118 Å². The van der Waals surface area contributed by atoms with Crippen LogP contribution in [0.25, 0.3) is 0 Å². The molecule has 0 aliphatic carbocycles. The number of nitrogens with two attached hydrogens (primary N) is 1. The first-order valence-electron chi connectivity index (χ1n) is 6.67. The lowest BCUT2D eigenvalue weighted by Gasteiger charge is -2.21. The summed E-state index contributed by atoms with van der Waals surface area (Å²) in [5, 5.41) is 13.5. The van der Waals surface area contributed by atoms with Crippen LogP contribution in [-0.4, -0.2) is 16.9 Å². The fourth-order valence-corrected chi connectivity index (χ4v) is 1.81. The van der Waals surface area contributed by atoms with Crippen molar-refractivity contribution in [3.63, 3.8) is 0 Å². The number of hydrogen-bond donors (Lipinski definition) is 2. The summed E-state index contributed by atoms with van der Waals surface area (Å²) in [6.45, 7) is 5.67. The van der Waals surface area contributed by atoms with Gasteiger partial charge in [-0.15, -0.1) is 0 Å². The molecule has 0 radical (unpaired) electrons. The van der Waals surface area contributed by atoms with Crippen molar-refractivity contribution in [1.82, 2.24) is 5.32 Å². The first kappa shape index (κ1) is 16.1. The van der Waals surface area contributed by atoms with Crippen molar-refractivity contribution < 1.29 is 9.72 Å². The smallest absolute Gasteiger partial charge is 0.269 e. The van der Waals surface area contributed by atoms with Crippen molar-refractivity contribution in [3.05, 3.63) is 39.9 Å². The average molecular weight is 279 g/mol. The zero-order valence-corrected chi connectivity index (χ0v) is 12.0. The van der Waals surface area contributed by atoms with Crippen molar-refractivity contribution in [2.75, 3.05) is 0 Å². The van der Waals surface area contributed by atoms with E-state index in [-0.39, 0.29) is 23.6 Å². The van der Waals surface area contributed by atoms with Crippen LogP contribution in [0, 0.1) is 16.0 Å². The molecule has 1 amide bonds. The SMILES string of the molecule is CCC(C)[C@H](N)C(=O)NC(C)c1cccc([N+](=O)[O-])c1. The van der Waals surface area contributed by atoms with E-state index in [2.05, 4.69) is 5.32 Å². The van der Waals surface area contributed by atoms with E-state index in [1.54, 1.807) is 19.1 Å². The number of carbonyl (C=O) groups is 1. The molecule has 1 aromatic carbocycles. The molecule has 20 heavy (non-hydrogen) atoms. The van der Waals surface area contributed by atoms with Crippen LogP contribution < -0.4 is 11.1 Å². The zero-order valence-electron chi connectivity index (χ0n) is 12.0. The van der Waals surface area contributed by atoms with E-state index in [1.165, 1.54) is 12.1 Å². The van der Waals surface area contributed by atoms with Crippen molar-refractivity contribution in [1.29, 1.82) is 0 Å². The highest BCUT2D eigenvalue weighted by atomic mass is 16.6. The molecule has 3 N–H and O–H groups in total. The zero-order chi connectivity index (χ0) is 15.3. The summed E-state index contributed by atoms with van der Waals surface area (Å²) < 4.78 is 0. The van der Waals surface area contributed by atoms with E-state index in [9.17, 15) is 14.9 Å². The Balaban J connectivity index is 2.76. The minimum absolute atomic E-state index is 0.00910. The third-order valence-electron chi connectivity index (χ3n) is 3.50. The maximum Gasteiger partial charge on any atom is 0.269 e. The molecule has 0 heterocycles. The fourth-order valence-electron chi connectivity index (χ4n) is 1.81. The first-order valence-corrected chi connectivity index (χ1v) is 6.67. The van der Waals surface area contributed by atoms with Gasteiger partial charge in [0, 0.05) is 12.1 Å². The quantitative estimate of drug-likeness (QED) is 0.615. The summed E-state index contributed by atoms with van der Waals surface area (Å²) in [4.78, 5) is 22.3. The summed E-state index contributed by atoms with van der Waals surface area (Å²) >= 11 is 0. The van der Waals surface area contributed by atoms with Gasteiger partial charge < -0.3 is 11.1 Å². The van der Waals surface area contributed by atoms with Gasteiger partial charge in [-0.25, -0.2) is 0 Å². The van der Waals surface area contributed by atoms with Crippen molar-refractivity contribution in [2.24, 2.45) is 11.7 Å². The molecule has 2 unspecified atom stereocenters. The van der Waals surface area contributed by atoms with Crippen LogP contribution in [0.1, 0.15) is 38.8 Å². The molecule has 0 aliphatic heterocycles. The Morgan fingerprint density at radius 3 is 2.65 bits per heavy atom. The molecule has 0 fully saturated rings. The predicted molar refractivity (Wildman–Crippen MR) is 77.1 cm³/mol. The molecule has 0 spiro atoms. The Kier molecular flexibility index (Phi) is 5.64. The highest BCUT2D eigenvalue weighted by Gasteiger charge is 2.21. The minimum Gasteiger partial charge on any atom is -0.348 e. The van der Waals surface area contributed by atoms with Gasteiger partial charge in [-0.2, -0.15) is 0 Å². The van der Waals surface area contributed by atoms with Crippen molar-refractivity contribution in [3.8, 4) is 0 Å². The second kappa shape index (κ2) is 7.00. The van der Waals surface area contributed by atoms with Crippen LogP contribution in [0.4, 0.5) is 5.69 Å². The van der Waals surface area contributed by atoms with Crippen LogP contribution in [0.5, 0.6) is 0 Å². The van der Waals surface area contributed by atoms with Crippen LogP contribution in [0.15, 0.2) is 24.3 Å². The first-order chi connectivity index (χ1) is 9.36. The highest BCUT2D eigenvalue weighted by Crippen LogP contribution is 2.19. The number of benzene rings is 1. The van der Waals surface area contributed by atoms with E-state index in [4.69, 9.17) is 5.73 Å². The van der Waals surface area contributed by atoms with Crippen LogP contribution in [0.2, 0.25) is 0 Å². The summed E-state index contributed by atoms with van der Waals surface area (Å²) in [5.74, 6) is -0.148. The van der Waals surface area contributed by atoms with Gasteiger partial charge in [0.15, 0.2) is 0 Å². The van der Waals surface area contributed by atoms with Gasteiger partial charge in [0.05, 0.1) is 17.0 Å². The molecule has 110 valence electrons. The molecule has 0 aromatic heterocycles. The molecule has 0 saturated heterocycles. The van der Waals surface area contributed by atoms with Gasteiger partial charge in [-0.1, -0.05) is 32.4 Å². The second-order valence-electron chi connectivity index (χ2n) is 4.99. The van der Waals surface area contributed by atoms with Crippen molar-refractivity contribution >= 4 is 11.6 Å². The van der Waals surface area contributed by atoms with E-state index < -0.39 is 11.0 Å². The highest BCUT2D eigenvalue weighted by molar-refractivity contribution is 5.82. The molecule has 1 rings (SSSR count). The molecule has 0 bridgehead atoms. The van der Waals surface area contributed by atoms with Gasteiger partial charge in [0.2, 0.25) is 5.91 Å². The summed E-state index contributed by atoms with van der Waals surface area (Å²) in [6.07, 6.45) is 0.819. The molecule has 6 nitrogen and oxygen atoms in total. The largest absolute Gasteiger partial charge is 0.348 e. The number of amides is 1. The van der Waals surface area contributed by atoms with Gasteiger partial charge >= 0.3 is 0 Å². The van der Waals surface area contributed by atoms with Gasteiger partial charge in [-0.05, 0) is 18.4 Å². The number of nitrogens with zero attached hydrogens (tertiary/aromatic N) is 1. The van der Waals surface area contributed by atoms with Crippen LogP contribution >= 0.6 is 0 Å². The van der Waals surface area contributed by atoms with Crippen LogP contribution in [0.3, 0.4) is 0 Å². The van der Waals surface area contributed by atoms with Gasteiger partial charge in [0.25, 0.3) is 5.69 Å². The summed E-state index contributed by atoms with van der Waals surface area (Å²) in [7, 11) is 0. The average Bonchev–Trinajstić information content (AvgIpc) is 2.45. The fraction of sp³-hybridized carbons (Fsp3) is 0.500. The lowest BCUT2D eigenvalue weighted by Crippen LogP contribution is -2.45.